The molecule has 0 bridgehead atoms. The van der Waals surface area contributed by atoms with E-state index in [1.807, 2.05) is 56.6 Å². The number of carbonyl (C=O) groups excluding carboxylic acids is 1. The summed E-state index contributed by atoms with van der Waals surface area (Å²) in [7, 11) is 4.00. The molecule has 0 saturated carbocycles. The third-order valence-electron chi connectivity index (χ3n) is 3.87. The molecule has 0 aliphatic heterocycles. The van der Waals surface area contributed by atoms with Gasteiger partial charge in [-0.2, -0.15) is 0 Å². The van der Waals surface area contributed by atoms with E-state index in [2.05, 4.69) is 25.7 Å². The highest BCUT2D eigenvalue weighted by molar-refractivity contribution is 6.03. The summed E-state index contributed by atoms with van der Waals surface area (Å²) in [5.74, 6) is 1.52. The number of benzene rings is 2. The van der Waals surface area contributed by atoms with Gasteiger partial charge >= 0.3 is 0 Å². The molecule has 28 heavy (non-hydrogen) atoms. The second kappa shape index (κ2) is 9.48. The molecule has 0 atom stereocenters. The quantitative estimate of drug-likeness (QED) is 0.626. The van der Waals surface area contributed by atoms with Crippen molar-refractivity contribution in [3.8, 4) is 11.5 Å². The summed E-state index contributed by atoms with van der Waals surface area (Å²) in [6.07, 6.45) is 0. The topological polar surface area (TPSA) is 79.4 Å². The first kappa shape index (κ1) is 19.3. The zero-order valence-electron chi connectivity index (χ0n) is 15.9. The van der Waals surface area contributed by atoms with E-state index in [9.17, 15) is 4.79 Å². The minimum Gasteiger partial charge on any atom is -0.455 e. The number of carbonyl (C=O) groups is 1. The lowest BCUT2D eigenvalue weighted by Gasteiger charge is -2.12. The normalized spacial score (nSPS) is 10.5. The van der Waals surface area contributed by atoms with Crippen molar-refractivity contribution in [1.29, 1.82) is 0 Å². The number of rotatable bonds is 8. The van der Waals surface area contributed by atoms with Gasteiger partial charge in [-0.05, 0) is 50.5 Å². The number of likely N-dealkylation sites (N-methyl/N-ethyl adjacent to an activating group) is 1. The van der Waals surface area contributed by atoms with Gasteiger partial charge in [-0.25, -0.2) is 0 Å². The van der Waals surface area contributed by atoms with Gasteiger partial charge in [0.15, 0.2) is 11.4 Å². The van der Waals surface area contributed by atoms with Crippen LogP contribution in [-0.4, -0.2) is 48.2 Å². The Hall–Kier alpha value is -3.45. The van der Waals surface area contributed by atoms with Crippen molar-refractivity contribution < 1.29 is 9.53 Å². The van der Waals surface area contributed by atoms with Gasteiger partial charge in [0.1, 0.15) is 11.6 Å². The summed E-state index contributed by atoms with van der Waals surface area (Å²) in [6, 6.07) is 20.0. The average Bonchev–Trinajstić information content (AvgIpc) is 2.70. The number of nitrogens with one attached hydrogen (secondary N) is 2. The van der Waals surface area contributed by atoms with Gasteiger partial charge in [0.05, 0.1) is 5.69 Å². The number of hydrogen-bond acceptors (Lipinski definition) is 6. The van der Waals surface area contributed by atoms with Gasteiger partial charge in [-0.3, -0.25) is 4.79 Å². The van der Waals surface area contributed by atoms with Crippen LogP contribution >= 0.6 is 0 Å². The molecule has 2 aromatic carbocycles. The molecule has 144 valence electrons. The van der Waals surface area contributed by atoms with E-state index in [-0.39, 0.29) is 11.6 Å². The van der Waals surface area contributed by atoms with E-state index in [4.69, 9.17) is 4.74 Å². The molecule has 1 amide bonds. The summed E-state index contributed by atoms with van der Waals surface area (Å²) in [6.45, 7) is 1.62. The number of nitrogens with zero attached hydrogens (tertiary/aromatic N) is 3. The largest absolute Gasteiger partial charge is 0.455 e. The summed E-state index contributed by atoms with van der Waals surface area (Å²) < 4.78 is 5.86. The van der Waals surface area contributed by atoms with Crippen LogP contribution in [0.15, 0.2) is 66.7 Å². The number of ether oxygens (including phenoxy) is 1. The maximum atomic E-state index is 12.5. The van der Waals surface area contributed by atoms with Crippen molar-refractivity contribution in [3.63, 3.8) is 0 Å². The van der Waals surface area contributed by atoms with Gasteiger partial charge in [0.25, 0.3) is 5.91 Å². The highest BCUT2D eigenvalue weighted by Crippen LogP contribution is 2.29. The van der Waals surface area contributed by atoms with Gasteiger partial charge in [0, 0.05) is 13.1 Å². The number of amides is 1. The molecule has 0 aliphatic rings. The van der Waals surface area contributed by atoms with Crippen LogP contribution in [0, 0.1) is 0 Å². The highest BCUT2D eigenvalue weighted by atomic mass is 16.5. The standard InChI is InChI=1S/C21H23N5O2/c1-26(2)15-14-22-20-13-12-18(24-25-20)21(27)23-17-10-6-7-11-19(17)28-16-8-4-3-5-9-16/h3-13H,14-15H2,1-2H3,(H,22,25)(H,23,27). The maximum absolute atomic E-state index is 12.5. The van der Waals surface area contributed by atoms with Gasteiger partial charge < -0.3 is 20.3 Å². The Morgan fingerprint density at radius 1 is 0.964 bits per heavy atom. The minimum atomic E-state index is -0.351. The van der Waals surface area contributed by atoms with Crippen LogP contribution in [0.3, 0.4) is 0 Å². The van der Waals surface area contributed by atoms with Crippen molar-refractivity contribution in [2.45, 2.75) is 0 Å². The number of para-hydroxylation sites is 3. The summed E-state index contributed by atoms with van der Waals surface area (Å²) in [5, 5.41) is 14.1. The van der Waals surface area contributed by atoms with Crippen LogP contribution in [0.1, 0.15) is 10.5 Å². The fraction of sp³-hybridized carbons (Fsp3) is 0.190. The van der Waals surface area contributed by atoms with E-state index in [0.717, 1.165) is 13.1 Å². The lowest BCUT2D eigenvalue weighted by atomic mass is 10.2. The van der Waals surface area contributed by atoms with Crippen molar-refractivity contribution in [2.75, 3.05) is 37.8 Å². The van der Waals surface area contributed by atoms with Crippen molar-refractivity contribution in [2.24, 2.45) is 0 Å². The molecule has 0 unspecified atom stereocenters. The van der Waals surface area contributed by atoms with Crippen LogP contribution < -0.4 is 15.4 Å². The highest BCUT2D eigenvalue weighted by Gasteiger charge is 2.12. The Morgan fingerprint density at radius 3 is 2.43 bits per heavy atom. The summed E-state index contributed by atoms with van der Waals surface area (Å²) in [4.78, 5) is 14.6. The molecule has 0 fully saturated rings. The molecule has 3 rings (SSSR count). The maximum Gasteiger partial charge on any atom is 0.276 e. The molecule has 0 saturated heterocycles. The molecule has 0 spiro atoms. The Kier molecular flexibility index (Phi) is 6.54. The smallest absolute Gasteiger partial charge is 0.276 e. The Labute approximate surface area is 164 Å². The number of hydrogen-bond donors (Lipinski definition) is 2. The molecule has 0 radical (unpaired) electrons. The molecule has 3 aromatic rings. The van der Waals surface area contributed by atoms with E-state index in [0.29, 0.717) is 23.0 Å². The van der Waals surface area contributed by atoms with E-state index < -0.39 is 0 Å². The molecule has 1 heterocycles. The van der Waals surface area contributed by atoms with Gasteiger partial charge in [0.2, 0.25) is 0 Å². The Morgan fingerprint density at radius 2 is 1.71 bits per heavy atom. The van der Waals surface area contributed by atoms with E-state index in [1.165, 1.54) is 0 Å². The fourth-order valence-corrected chi connectivity index (χ4v) is 2.42. The van der Waals surface area contributed by atoms with Gasteiger partial charge in [-0.1, -0.05) is 30.3 Å². The van der Waals surface area contributed by atoms with Crippen LogP contribution in [0.2, 0.25) is 0 Å². The molecule has 1 aromatic heterocycles. The fourth-order valence-electron chi connectivity index (χ4n) is 2.42. The first-order valence-electron chi connectivity index (χ1n) is 8.97. The first-order valence-corrected chi connectivity index (χ1v) is 8.97. The molecule has 0 aliphatic carbocycles. The van der Waals surface area contributed by atoms with E-state index >= 15 is 0 Å². The van der Waals surface area contributed by atoms with E-state index in [1.54, 1.807) is 24.3 Å². The lowest BCUT2D eigenvalue weighted by Crippen LogP contribution is -2.21. The predicted octanol–water partition coefficient (Wildman–Crippen LogP) is 3.49. The van der Waals surface area contributed by atoms with Crippen LogP contribution in [-0.2, 0) is 0 Å². The predicted molar refractivity (Wildman–Crippen MR) is 110 cm³/mol. The minimum absolute atomic E-state index is 0.229. The monoisotopic (exact) mass is 377 g/mol. The zero-order chi connectivity index (χ0) is 19.8. The number of anilines is 2. The molecular formula is C21H23N5O2. The first-order chi connectivity index (χ1) is 13.6. The Balaban J connectivity index is 1.65. The lowest BCUT2D eigenvalue weighted by molar-refractivity contribution is 0.102. The van der Waals surface area contributed by atoms with Gasteiger partial charge in [-0.15, -0.1) is 10.2 Å². The molecular weight excluding hydrogens is 354 g/mol. The second-order valence-electron chi connectivity index (χ2n) is 6.40. The zero-order valence-corrected chi connectivity index (χ0v) is 15.9. The molecule has 2 N–H and O–H groups in total. The molecule has 7 heteroatoms. The van der Waals surface area contributed by atoms with Crippen LogP contribution in [0.5, 0.6) is 11.5 Å². The van der Waals surface area contributed by atoms with Crippen molar-refractivity contribution in [1.82, 2.24) is 15.1 Å². The second-order valence-corrected chi connectivity index (χ2v) is 6.40. The average molecular weight is 377 g/mol. The third-order valence-corrected chi connectivity index (χ3v) is 3.87. The number of aromatic nitrogens is 2. The summed E-state index contributed by atoms with van der Waals surface area (Å²) >= 11 is 0. The SMILES string of the molecule is CN(C)CCNc1ccc(C(=O)Nc2ccccc2Oc2ccccc2)nn1. The Bertz CT molecular complexity index is 898. The van der Waals surface area contributed by atoms with Crippen molar-refractivity contribution >= 4 is 17.4 Å². The molecule has 7 nitrogen and oxygen atoms in total. The van der Waals surface area contributed by atoms with Crippen molar-refractivity contribution in [3.05, 3.63) is 72.4 Å². The summed E-state index contributed by atoms with van der Waals surface area (Å²) in [5.41, 5.74) is 0.791. The van der Waals surface area contributed by atoms with Crippen LogP contribution in [0.4, 0.5) is 11.5 Å². The third kappa shape index (κ3) is 5.52. The van der Waals surface area contributed by atoms with Crippen LogP contribution in [0.25, 0.3) is 0 Å².